The molecule has 3 N–H and O–H groups in total. The van der Waals surface area contributed by atoms with E-state index in [1.54, 1.807) is 28.7 Å². The molecule has 11 heavy (non-hydrogen) atoms. The SMILES string of the molecule is C=CCSCC(N)(I)C(=O)O. The van der Waals surface area contributed by atoms with Gasteiger partial charge < -0.3 is 10.8 Å². The van der Waals surface area contributed by atoms with Crippen LogP contribution in [0.5, 0.6) is 0 Å². The second-order valence-electron chi connectivity index (χ2n) is 1.97. The number of thioether (sulfide) groups is 1. The Hall–Kier alpha value is 0.250. The van der Waals surface area contributed by atoms with E-state index in [4.69, 9.17) is 10.8 Å². The second-order valence-corrected chi connectivity index (χ2v) is 4.93. The van der Waals surface area contributed by atoms with Gasteiger partial charge in [0, 0.05) is 11.5 Å². The molecule has 0 bridgehead atoms. The fourth-order valence-corrected chi connectivity index (χ4v) is 1.72. The Morgan fingerprint density at radius 2 is 2.45 bits per heavy atom. The summed E-state index contributed by atoms with van der Waals surface area (Å²) in [4.78, 5) is 10.4. The summed E-state index contributed by atoms with van der Waals surface area (Å²) in [5.41, 5.74) is 5.43. The van der Waals surface area contributed by atoms with Gasteiger partial charge in [-0.1, -0.05) is 6.08 Å². The van der Waals surface area contributed by atoms with Gasteiger partial charge in [-0.15, -0.1) is 6.58 Å². The van der Waals surface area contributed by atoms with E-state index in [1.807, 2.05) is 0 Å². The zero-order valence-electron chi connectivity index (χ0n) is 5.92. The van der Waals surface area contributed by atoms with Crippen molar-refractivity contribution in [2.75, 3.05) is 11.5 Å². The Morgan fingerprint density at radius 1 is 1.91 bits per heavy atom. The molecule has 0 aromatic heterocycles. The highest BCUT2D eigenvalue weighted by molar-refractivity contribution is 14.1. The lowest BCUT2D eigenvalue weighted by Crippen LogP contribution is -2.43. The van der Waals surface area contributed by atoms with Crippen LogP contribution in [-0.4, -0.2) is 26.1 Å². The molecule has 0 radical (unpaired) electrons. The number of hydrogen-bond donors (Lipinski definition) is 2. The molecule has 0 aromatic rings. The molecule has 64 valence electrons. The fraction of sp³-hybridized carbons (Fsp3) is 0.500. The first-order valence-electron chi connectivity index (χ1n) is 2.90. The molecule has 1 atom stereocenters. The number of nitrogens with two attached hydrogens (primary N) is 1. The highest BCUT2D eigenvalue weighted by Gasteiger charge is 2.29. The van der Waals surface area contributed by atoms with Crippen molar-refractivity contribution in [1.82, 2.24) is 0 Å². The van der Waals surface area contributed by atoms with E-state index < -0.39 is 9.51 Å². The zero-order valence-corrected chi connectivity index (χ0v) is 8.89. The number of rotatable bonds is 5. The molecule has 0 aromatic carbocycles. The van der Waals surface area contributed by atoms with E-state index >= 15 is 0 Å². The summed E-state index contributed by atoms with van der Waals surface area (Å²) >= 11 is 3.19. The molecule has 0 saturated carbocycles. The molecular weight excluding hydrogens is 277 g/mol. The van der Waals surface area contributed by atoms with Crippen LogP contribution in [0, 0.1) is 0 Å². The van der Waals surface area contributed by atoms with E-state index in [9.17, 15) is 4.79 Å². The monoisotopic (exact) mass is 287 g/mol. The van der Waals surface area contributed by atoms with Gasteiger partial charge in [-0.3, -0.25) is 0 Å². The molecule has 0 heterocycles. The first-order valence-corrected chi connectivity index (χ1v) is 5.14. The summed E-state index contributed by atoms with van der Waals surface area (Å²) in [5, 5.41) is 8.57. The Morgan fingerprint density at radius 3 is 2.82 bits per heavy atom. The topological polar surface area (TPSA) is 63.3 Å². The van der Waals surface area contributed by atoms with E-state index in [1.165, 1.54) is 11.8 Å². The molecule has 0 rings (SSSR count). The smallest absolute Gasteiger partial charge is 0.334 e. The number of halogens is 1. The third kappa shape index (κ3) is 4.65. The van der Waals surface area contributed by atoms with Gasteiger partial charge in [0.25, 0.3) is 0 Å². The number of aliphatic carboxylic acids is 1. The lowest BCUT2D eigenvalue weighted by Gasteiger charge is -2.15. The van der Waals surface area contributed by atoms with Crippen molar-refractivity contribution >= 4 is 40.3 Å². The zero-order chi connectivity index (χ0) is 8.91. The number of hydrogen-bond acceptors (Lipinski definition) is 3. The fourth-order valence-electron chi connectivity index (χ4n) is 0.353. The molecule has 0 saturated heterocycles. The van der Waals surface area contributed by atoms with E-state index in [2.05, 4.69) is 6.58 Å². The van der Waals surface area contributed by atoms with Crippen LogP contribution in [0.1, 0.15) is 0 Å². The number of carboxylic acids is 1. The second kappa shape index (κ2) is 5.00. The third-order valence-corrected chi connectivity index (χ3v) is 3.39. The first kappa shape index (κ1) is 11.2. The number of carbonyl (C=O) groups is 1. The Labute approximate surface area is 83.6 Å². The molecular formula is C6H10INO2S. The van der Waals surface area contributed by atoms with Crippen LogP contribution in [0.4, 0.5) is 0 Å². The minimum absolute atomic E-state index is 0.398. The Bertz CT molecular complexity index is 161. The van der Waals surface area contributed by atoms with Crippen LogP contribution in [0.15, 0.2) is 12.7 Å². The summed E-state index contributed by atoms with van der Waals surface area (Å²) in [7, 11) is 0. The van der Waals surface area contributed by atoms with Crippen LogP contribution in [0.2, 0.25) is 0 Å². The van der Waals surface area contributed by atoms with Crippen molar-refractivity contribution in [2.45, 2.75) is 3.55 Å². The van der Waals surface area contributed by atoms with E-state index in [0.717, 1.165) is 5.75 Å². The van der Waals surface area contributed by atoms with Crippen molar-refractivity contribution < 1.29 is 9.90 Å². The van der Waals surface area contributed by atoms with Crippen LogP contribution < -0.4 is 5.73 Å². The maximum absolute atomic E-state index is 10.4. The highest BCUT2D eigenvalue weighted by Crippen LogP contribution is 2.18. The summed E-state index contributed by atoms with van der Waals surface area (Å²) in [6.45, 7) is 3.51. The van der Waals surface area contributed by atoms with Crippen molar-refractivity contribution in [1.29, 1.82) is 0 Å². The predicted octanol–water partition coefficient (Wildman–Crippen LogP) is 1.08. The average Bonchev–Trinajstić information content (AvgIpc) is 1.88. The summed E-state index contributed by atoms with van der Waals surface area (Å²) in [6, 6.07) is 0. The lowest BCUT2D eigenvalue weighted by molar-refractivity contribution is -0.138. The largest absolute Gasteiger partial charge is 0.479 e. The van der Waals surface area contributed by atoms with Crippen LogP contribution >= 0.6 is 34.4 Å². The van der Waals surface area contributed by atoms with Gasteiger partial charge in [-0.05, 0) is 22.6 Å². The van der Waals surface area contributed by atoms with E-state index in [-0.39, 0.29) is 0 Å². The Kier molecular flexibility index (Phi) is 5.11. The van der Waals surface area contributed by atoms with Crippen molar-refractivity contribution in [3.63, 3.8) is 0 Å². The van der Waals surface area contributed by atoms with E-state index in [0.29, 0.717) is 5.75 Å². The third-order valence-electron chi connectivity index (χ3n) is 0.903. The maximum atomic E-state index is 10.4. The predicted molar refractivity (Wildman–Crippen MR) is 56.1 cm³/mol. The van der Waals surface area contributed by atoms with Gasteiger partial charge in [0.15, 0.2) is 3.55 Å². The van der Waals surface area contributed by atoms with Gasteiger partial charge >= 0.3 is 5.97 Å². The standard InChI is InChI=1S/C6H10INO2S/c1-2-3-11-4-6(7,8)5(9)10/h2H,1,3-4,8H2,(H,9,10). The first-order chi connectivity index (χ1) is 5.00. The molecule has 0 spiro atoms. The summed E-state index contributed by atoms with van der Waals surface area (Å²) in [5.74, 6) is 0.152. The van der Waals surface area contributed by atoms with Gasteiger partial charge in [0.05, 0.1) is 0 Å². The molecule has 5 heteroatoms. The molecule has 3 nitrogen and oxygen atoms in total. The maximum Gasteiger partial charge on any atom is 0.334 e. The van der Waals surface area contributed by atoms with Crippen LogP contribution in [0.25, 0.3) is 0 Å². The van der Waals surface area contributed by atoms with Crippen molar-refractivity contribution in [3.8, 4) is 0 Å². The molecule has 0 aliphatic rings. The van der Waals surface area contributed by atoms with Crippen molar-refractivity contribution in [2.24, 2.45) is 5.73 Å². The minimum Gasteiger partial charge on any atom is -0.479 e. The summed E-state index contributed by atoms with van der Waals surface area (Å²) in [6.07, 6.45) is 1.72. The Balaban J connectivity index is 3.72. The van der Waals surface area contributed by atoms with Gasteiger partial charge in [0.2, 0.25) is 0 Å². The molecule has 0 amide bonds. The molecule has 0 fully saturated rings. The van der Waals surface area contributed by atoms with Crippen LogP contribution in [0.3, 0.4) is 0 Å². The number of carboxylic acid groups (broad SMARTS) is 1. The van der Waals surface area contributed by atoms with Crippen molar-refractivity contribution in [3.05, 3.63) is 12.7 Å². The molecule has 0 aliphatic heterocycles. The highest BCUT2D eigenvalue weighted by atomic mass is 127. The average molecular weight is 287 g/mol. The van der Waals surface area contributed by atoms with Gasteiger partial charge in [-0.2, -0.15) is 11.8 Å². The lowest BCUT2D eigenvalue weighted by atomic mass is 10.4. The van der Waals surface area contributed by atoms with Gasteiger partial charge in [0.1, 0.15) is 0 Å². The molecule has 0 aliphatic carbocycles. The number of alkyl halides is 1. The van der Waals surface area contributed by atoms with Crippen LogP contribution in [-0.2, 0) is 4.79 Å². The van der Waals surface area contributed by atoms with Gasteiger partial charge in [-0.25, -0.2) is 4.79 Å². The quantitative estimate of drug-likeness (QED) is 0.261. The molecule has 1 unspecified atom stereocenters. The minimum atomic E-state index is -1.15. The summed E-state index contributed by atoms with van der Waals surface area (Å²) < 4.78 is -1.15. The normalized spacial score (nSPS) is 15.5.